The second kappa shape index (κ2) is 11.3. The Hall–Kier alpha value is -2.41. The van der Waals surface area contributed by atoms with Crippen molar-refractivity contribution in [3.63, 3.8) is 0 Å². The summed E-state index contributed by atoms with van der Waals surface area (Å²) in [7, 11) is 0. The van der Waals surface area contributed by atoms with Gasteiger partial charge in [-0.05, 0) is 32.3 Å². The predicted molar refractivity (Wildman–Crippen MR) is 100 cm³/mol. The molecular formula is C20H29NO6. The van der Waals surface area contributed by atoms with Gasteiger partial charge < -0.3 is 14.9 Å². The van der Waals surface area contributed by atoms with E-state index in [9.17, 15) is 19.5 Å². The van der Waals surface area contributed by atoms with Crippen molar-refractivity contribution in [2.75, 3.05) is 0 Å². The standard InChI is InChI=1S/C20H29NO6/c1-20(2,13-18(24)27-14-15-9-5-3-6-10-15)21-16(19(25)26)11-7-4-8-12-17(22)23/h3,5-6,9-10,16,21H,4,7-8,11-14H2,1-2H3,(H,22,23)(H,25,26). The zero-order valence-corrected chi connectivity index (χ0v) is 15.9. The Bertz CT molecular complexity index is 614. The van der Waals surface area contributed by atoms with Gasteiger partial charge in [0.2, 0.25) is 0 Å². The normalized spacial score (nSPS) is 12.4. The lowest BCUT2D eigenvalue weighted by atomic mass is 9.97. The molecule has 1 atom stereocenters. The molecule has 0 spiro atoms. The van der Waals surface area contributed by atoms with Crippen LogP contribution in [0.1, 0.15) is 57.9 Å². The van der Waals surface area contributed by atoms with Gasteiger partial charge in [0, 0.05) is 12.0 Å². The minimum absolute atomic E-state index is 0.0443. The second-order valence-corrected chi connectivity index (χ2v) is 7.24. The molecule has 0 fully saturated rings. The molecule has 0 saturated heterocycles. The first-order valence-corrected chi connectivity index (χ1v) is 9.11. The molecule has 27 heavy (non-hydrogen) atoms. The van der Waals surface area contributed by atoms with Gasteiger partial charge in [-0.25, -0.2) is 0 Å². The van der Waals surface area contributed by atoms with Crippen LogP contribution >= 0.6 is 0 Å². The van der Waals surface area contributed by atoms with Crippen LogP contribution in [0.15, 0.2) is 30.3 Å². The largest absolute Gasteiger partial charge is 0.481 e. The molecule has 1 unspecified atom stereocenters. The first-order valence-electron chi connectivity index (χ1n) is 9.11. The Morgan fingerprint density at radius 1 is 1.07 bits per heavy atom. The summed E-state index contributed by atoms with van der Waals surface area (Å²) in [6.07, 6.45) is 2.28. The number of carboxylic acid groups (broad SMARTS) is 2. The van der Waals surface area contributed by atoms with Crippen LogP contribution in [0, 0.1) is 0 Å². The molecule has 7 heteroatoms. The fourth-order valence-electron chi connectivity index (χ4n) is 2.73. The minimum Gasteiger partial charge on any atom is -0.481 e. The quantitative estimate of drug-likeness (QED) is 0.357. The Morgan fingerprint density at radius 3 is 2.33 bits per heavy atom. The molecule has 0 heterocycles. The number of rotatable bonds is 13. The lowest BCUT2D eigenvalue weighted by molar-refractivity contribution is -0.148. The zero-order valence-electron chi connectivity index (χ0n) is 15.9. The number of benzene rings is 1. The molecule has 1 aromatic rings. The molecule has 0 aliphatic rings. The second-order valence-electron chi connectivity index (χ2n) is 7.24. The van der Waals surface area contributed by atoms with E-state index in [2.05, 4.69) is 5.32 Å². The van der Waals surface area contributed by atoms with Crippen molar-refractivity contribution >= 4 is 17.9 Å². The number of nitrogens with one attached hydrogen (secondary N) is 1. The SMILES string of the molecule is CC(C)(CC(=O)OCc1ccccc1)NC(CCCCCC(=O)O)C(=O)O. The predicted octanol–water partition coefficient (Wildman–Crippen LogP) is 2.98. The molecule has 3 N–H and O–H groups in total. The van der Waals surface area contributed by atoms with Crippen molar-refractivity contribution in [1.82, 2.24) is 5.32 Å². The van der Waals surface area contributed by atoms with Gasteiger partial charge in [-0.15, -0.1) is 0 Å². The summed E-state index contributed by atoms with van der Waals surface area (Å²) in [5.41, 5.74) is 0.152. The van der Waals surface area contributed by atoms with Gasteiger partial charge in [-0.1, -0.05) is 43.2 Å². The number of ether oxygens (including phenoxy) is 1. The summed E-state index contributed by atoms with van der Waals surface area (Å²) in [6.45, 7) is 3.70. The molecule has 0 aliphatic carbocycles. The van der Waals surface area contributed by atoms with Crippen molar-refractivity contribution in [3.05, 3.63) is 35.9 Å². The van der Waals surface area contributed by atoms with E-state index >= 15 is 0 Å². The Balaban J connectivity index is 2.42. The van der Waals surface area contributed by atoms with E-state index in [0.717, 1.165) is 5.56 Å². The first kappa shape index (κ1) is 22.6. The van der Waals surface area contributed by atoms with Crippen LogP contribution in [0.3, 0.4) is 0 Å². The number of hydrogen-bond acceptors (Lipinski definition) is 5. The number of unbranched alkanes of at least 4 members (excludes halogenated alkanes) is 2. The number of aliphatic carboxylic acids is 2. The van der Waals surface area contributed by atoms with Gasteiger partial charge in [-0.3, -0.25) is 19.7 Å². The van der Waals surface area contributed by atoms with Crippen molar-refractivity contribution in [2.45, 2.75) is 70.6 Å². The zero-order chi connectivity index (χ0) is 20.3. The molecule has 7 nitrogen and oxygen atoms in total. The van der Waals surface area contributed by atoms with Gasteiger partial charge in [0.15, 0.2) is 0 Å². The summed E-state index contributed by atoms with van der Waals surface area (Å²) in [4.78, 5) is 34.0. The van der Waals surface area contributed by atoms with E-state index in [1.165, 1.54) is 0 Å². The van der Waals surface area contributed by atoms with Crippen molar-refractivity contribution in [2.24, 2.45) is 0 Å². The molecule has 0 aromatic heterocycles. The van der Waals surface area contributed by atoms with E-state index < -0.39 is 29.5 Å². The molecule has 0 bridgehead atoms. The molecule has 0 saturated carbocycles. The van der Waals surface area contributed by atoms with Gasteiger partial charge in [0.1, 0.15) is 12.6 Å². The molecule has 0 amide bonds. The van der Waals surface area contributed by atoms with Gasteiger partial charge in [0.25, 0.3) is 0 Å². The van der Waals surface area contributed by atoms with E-state index in [1.54, 1.807) is 13.8 Å². The third kappa shape index (κ3) is 10.4. The highest BCUT2D eigenvalue weighted by atomic mass is 16.5. The average molecular weight is 379 g/mol. The highest BCUT2D eigenvalue weighted by molar-refractivity contribution is 5.74. The fraction of sp³-hybridized carbons (Fsp3) is 0.550. The number of hydrogen-bond donors (Lipinski definition) is 3. The first-order chi connectivity index (χ1) is 12.7. The molecule has 0 aliphatic heterocycles. The summed E-state index contributed by atoms with van der Waals surface area (Å²) in [6, 6.07) is 8.53. The maximum absolute atomic E-state index is 12.1. The van der Waals surface area contributed by atoms with Crippen LogP contribution in [0.5, 0.6) is 0 Å². The lowest BCUT2D eigenvalue weighted by Gasteiger charge is -2.29. The highest BCUT2D eigenvalue weighted by Crippen LogP contribution is 2.15. The summed E-state index contributed by atoms with van der Waals surface area (Å²) in [5, 5.41) is 21.0. The fourth-order valence-corrected chi connectivity index (χ4v) is 2.73. The van der Waals surface area contributed by atoms with Crippen LogP contribution in [0.2, 0.25) is 0 Å². The summed E-state index contributed by atoms with van der Waals surface area (Å²) < 4.78 is 5.26. The highest BCUT2D eigenvalue weighted by Gasteiger charge is 2.29. The third-order valence-electron chi connectivity index (χ3n) is 4.08. The van der Waals surface area contributed by atoms with Crippen LogP contribution in [-0.2, 0) is 25.7 Å². The molecule has 0 radical (unpaired) electrons. The number of carbonyl (C=O) groups is 3. The monoisotopic (exact) mass is 379 g/mol. The van der Waals surface area contributed by atoms with E-state index in [4.69, 9.17) is 9.84 Å². The number of carboxylic acids is 2. The van der Waals surface area contributed by atoms with E-state index in [0.29, 0.717) is 25.7 Å². The lowest BCUT2D eigenvalue weighted by Crippen LogP contribution is -2.50. The van der Waals surface area contributed by atoms with Crippen LogP contribution in [0.4, 0.5) is 0 Å². The van der Waals surface area contributed by atoms with Crippen molar-refractivity contribution in [1.29, 1.82) is 0 Å². The van der Waals surface area contributed by atoms with Gasteiger partial charge in [0.05, 0.1) is 6.42 Å². The van der Waals surface area contributed by atoms with Crippen molar-refractivity contribution < 1.29 is 29.3 Å². The smallest absolute Gasteiger partial charge is 0.320 e. The van der Waals surface area contributed by atoms with Gasteiger partial charge in [-0.2, -0.15) is 0 Å². The molecule has 1 aromatic carbocycles. The van der Waals surface area contributed by atoms with E-state index in [-0.39, 0.29) is 19.4 Å². The minimum atomic E-state index is -0.987. The Morgan fingerprint density at radius 2 is 1.74 bits per heavy atom. The molecule has 1 rings (SSSR count). The number of esters is 1. The van der Waals surface area contributed by atoms with Crippen molar-refractivity contribution in [3.8, 4) is 0 Å². The number of carbonyl (C=O) groups excluding carboxylic acids is 1. The van der Waals surface area contributed by atoms with Crippen LogP contribution < -0.4 is 5.32 Å². The average Bonchev–Trinajstić information content (AvgIpc) is 2.58. The summed E-state index contributed by atoms with van der Waals surface area (Å²) >= 11 is 0. The molecular weight excluding hydrogens is 350 g/mol. The topological polar surface area (TPSA) is 113 Å². The summed E-state index contributed by atoms with van der Waals surface area (Å²) in [5.74, 6) is -2.24. The Kier molecular flexibility index (Phi) is 9.50. The Labute approximate surface area is 159 Å². The van der Waals surface area contributed by atoms with Crippen LogP contribution in [0.25, 0.3) is 0 Å². The van der Waals surface area contributed by atoms with Crippen LogP contribution in [-0.4, -0.2) is 39.7 Å². The maximum Gasteiger partial charge on any atom is 0.320 e. The van der Waals surface area contributed by atoms with Gasteiger partial charge >= 0.3 is 17.9 Å². The third-order valence-corrected chi connectivity index (χ3v) is 4.08. The molecule has 150 valence electrons. The maximum atomic E-state index is 12.1. The van der Waals surface area contributed by atoms with E-state index in [1.807, 2.05) is 30.3 Å².